The minimum Gasteiger partial charge on any atom is -0.408 e. The monoisotopic (exact) mass is 269 g/mol. The van der Waals surface area contributed by atoms with E-state index < -0.39 is 25.2 Å². The SMILES string of the molecule is CC(C)C[C@@H]1OC2([BH2-][C@@H](CC(C)C)C(=[O+])O2)OC1=O. The fourth-order valence-electron chi connectivity index (χ4n) is 3.13. The molecule has 5 nitrogen and oxygen atoms in total. The molecule has 0 saturated carbocycles. The maximum absolute atomic E-state index is 11.8. The third-order valence-corrected chi connectivity index (χ3v) is 3.81. The van der Waals surface area contributed by atoms with Crippen LogP contribution in [0.2, 0.25) is 5.82 Å². The molecule has 2 aliphatic heterocycles. The minimum absolute atomic E-state index is 0.120. The van der Waals surface area contributed by atoms with E-state index >= 15 is 0 Å². The van der Waals surface area contributed by atoms with Crippen molar-refractivity contribution in [3.63, 3.8) is 0 Å². The summed E-state index contributed by atoms with van der Waals surface area (Å²) in [5, 5.41) is 0. The quantitative estimate of drug-likeness (QED) is 0.435. The van der Waals surface area contributed by atoms with Gasteiger partial charge in [-0.15, -0.1) is 0 Å². The Morgan fingerprint density at radius 1 is 1.21 bits per heavy atom. The number of carbonyl (C=O) groups excluding carboxylic acids is 2. The second kappa shape index (κ2) is 5.15. The molecule has 0 bridgehead atoms. The van der Waals surface area contributed by atoms with Gasteiger partial charge in [-0.25, -0.2) is 4.79 Å². The first-order chi connectivity index (χ1) is 8.81. The fraction of sp³-hybridized carbons (Fsp3) is 0.846. The van der Waals surface area contributed by atoms with Crippen LogP contribution in [-0.4, -0.2) is 31.2 Å². The van der Waals surface area contributed by atoms with Crippen molar-refractivity contribution in [2.24, 2.45) is 11.8 Å². The number of ether oxygens (including phenoxy) is 3. The van der Waals surface area contributed by atoms with Crippen LogP contribution in [0, 0.1) is 11.8 Å². The Morgan fingerprint density at radius 3 is 2.42 bits per heavy atom. The zero-order chi connectivity index (χ0) is 14.2. The summed E-state index contributed by atoms with van der Waals surface area (Å²) in [5.41, 5.74) is 0. The van der Waals surface area contributed by atoms with Crippen LogP contribution in [0.15, 0.2) is 0 Å². The van der Waals surface area contributed by atoms with Crippen LogP contribution in [0.4, 0.5) is 0 Å². The van der Waals surface area contributed by atoms with E-state index in [4.69, 9.17) is 14.2 Å². The van der Waals surface area contributed by atoms with Crippen molar-refractivity contribution in [3.05, 3.63) is 0 Å². The molecule has 2 fully saturated rings. The highest BCUT2D eigenvalue weighted by Gasteiger charge is 2.59. The number of rotatable bonds is 4. The molecular weight excluding hydrogens is 247 g/mol. The molecule has 0 amide bonds. The van der Waals surface area contributed by atoms with Crippen molar-refractivity contribution in [2.45, 2.75) is 58.3 Å². The molecule has 2 aliphatic rings. The molecule has 0 aliphatic carbocycles. The maximum atomic E-state index is 11.8. The standard InChI is InChI=1S/C13H22BO5/c1-7(2)5-9-11(15)18-13(14-9)17-10(6-8(3)4)12(16)19-13/h7-10H,5-6,14H2,1-4H3/t9-,10-,13?/m0/s1. The minimum atomic E-state index is -1.33. The van der Waals surface area contributed by atoms with E-state index in [-0.39, 0.29) is 11.8 Å². The van der Waals surface area contributed by atoms with Crippen molar-refractivity contribution in [1.29, 1.82) is 0 Å². The van der Waals surface area contributed by atoms with Crippen molar-refractivity contribution in [2.75, 3.05) is 0 Å². The lowest BCUT2D eigenvalue weighted by atomic mass is 9.61. The maximum Gasteiger partial charge on any atom is 0.544 e. The van der Waals surface area contributed by atoms with Crippen molar-refractivity contribution in [1.82, 2.24) is 0 Å². The molecule has 0 aromatic heterocycles. The van der Waals surface area contributed by atoms with Gasteiger partial charge in [-0.3, -0.25) is 4.74 Å². The second-order valence-electron chi connectivity index (χ2n) is 6.76. The molecule has 6 heteroatoms. The summed E-state index contributed by atoms with van der Waals surface area (Å²) in [7, 11) is -0.957. The average Bonchev–Trinajstić information content (AvgIpc) is 2.67. The van der Waals surface area contributed by atoms with Crippen molar-refractivity contribution in [3.8, 4) is 0 Å². The summed E-state index contributed by atoms with van der Waals surface area (Å²) >= 11 is 0. The van der Waals surface area contributed by atoms with Crippen molar-refractivity contribution >= 4 is 19.2 Å². The third-order valence-electron chi connectivity index (χ3n) is 3.81. The van der Waals surface area contributed by atoms with Gasteiger partial charge >= 0.3 is 17.8 Å². The van der Waals surface area contributed by atoms with E-state index in [0.29, 0.717) is 18.3 Å². The van der Waals surface area contributed by atoms with E-state index in [1.165, 1.54) is 0 Å². The highest BCUT2D eigenvalue weighted by Crippen LogP contribution is 2.39. The van der Waals surface area contributed by atoms with Crippen LogP contribution >= 0.6 is 0 Å². The molecule has 107 valence electrons. The van der Waals surface area contributed by atoms with Crippen LogP contribution < -0.4 is 0 Å². The Labute approximate surface area is 114 Å². The molecule has 2 saturated heterocycles. The summed E-state index contributed by atoms with van der Waals surface area (Å²) in [6.45, 7) is 8.15. The van der Waals surface area contributed by atoms with Gasteiger partial charge in [-0.2, -0.15) is 0 Å². The number of hydrogen-bond donors (Lipinski definition) is 0. The summed E-state index contributed by atoms with van der Waals surface area (Å²) < 4.78 is 16.2. The number of esters is 2. The first-order valence-corrected chi connectivity index (χ1v) is 7.26. The fourth-order valence-corrected chi connectivity index (χ4v) is 3.13. The molecule has 1 radical (unpaired) electrons. The van der Waals surface area contributed by atoms with Crippen molar-refractivity contribution < 1.29 is 23.8 Å². The van der Waals surface area contributed by atoms with Gasteiger partial charge in [0, 0.05) is 10.6 Å². The first-order valence-electron chi connectivity index (χ1n) is 7.26. The summed E-state index contributed by atoms with van der Waals surface area (Å²) in [4.78, 5) is 23.6. The molecule has 2 rings (SSSR count). The normalized spacial score (nSPS) is 34.4. The van der Waals surface area contributed by atoms with Crippen LogP contribution in [0.25, 0.3) is 0 Å². The number of hydrogen-bond acceptors (Lipinski definition) is 5. The number of carbonyl (C=O) groups is 2. The van der Waals surface area contributed by atoms with Crippen LogP contribution in [0.3, 0.4) is 0 Å². The highest BCUT2D eigenvalue weighted by atomic mass is 16.9. The van der Waals surface area contributed by atoms with Gasteiger partial charge in [0.1, 0.15) is 0 Å². The third kappa shape index (κ3) is 3.11. The lowest BCUT2D eigenvalue weighted by Crippen LogP contribution is -2.36. The molecule has 3 atom stereocenters. The predicted octanol–water partition coefficient (Wildman–Crippen LogP) is 1.15. The molecule has 0 aromatic rings. The molecule has 1 unspecified atom stereocenters. The Morgan fingerprint density at radius 2 is 1.84 bits per heavy atom. The van der Waals surface area contributed by atoms with Crippen LogP contribution in [-0.2, 0) is 23.8 Å². The molecule has 0 aromatic carbocycles. The van der Waals surface area contributed by atoms with Gasteiger partial charge in [-0.05, 0) is 18.3 Å². The summed E-state index contributed by atoms with van der Waals surface area (Å²) in [5.74, 6) is -1.36. The van der Waals surface area contributed by atoms with E-state index in [0.717, 1.165) is 6.42 Å². The average molecular weight is 269 g/mol. The molecule has 1 spiro atoms. The zero-order valence-corrected chi connectivity index (χ0v) is 12.3. The van der Waals surface area contributed by atoms with Gasteiger partial charge in [0.2, 0.25) is 0 Å². The Hall–Kier alpha value is -1.04. The molecule has 2 heterocycles. The van der Waals surface area contributed by atoms with Gasteiger partial charge in [0.05, 0.1) is 0 Å². The van der Waals surface area contributed by atoms with Gasteiger partial charge < -0.3 is 9.47 Å². The zero-order valence-electron chi connectivity index (χ0n) is 12.3. The Kier molecular flexibility index (Phi) is 3.90. The highest BCUT2D eigenvalue weighted by molar-refractivity contribution is 6.49. The van der Waals surface area contributed by atoms with E-state index in [1.807, 2.05) is 13.8 Å². The molecular formula is C13H22BO5. The predicted molar refractivity (Wildman–Crippen MR) is 71.0 cm³/mol. The lowest BCUT2D eigenvalue weighted by molar-refractivity contribution is -0.255. The topological polar surface area (TPSA) is 64.7 Å². The van der Waals surface area contributed by atoms with E-state index in [1.54, 1.807) is 0 Å². The summed E-state index contributed by atoms with van der Waals surface area (Å²) in [6, 6.07) is 0. The van der Waals surface area contributed by atoms with Gasteiger partial charge in [0.25, 0.3) is 0 Å². The van der Waals surface area contributed by atoms with Gasteiger partial charge in [0.15, 0.2) is 13.4 Å². The van der Waals surface area contributed by atoms with Crippen LogP contribution in [0.1, 0.15) is 40.5 Å². The smallest absolute Gasteiger partial charge is 0.408 e. The molecule has 0 N–H and O–H groups in total. The Balaban J connectivity index is 2.02. The van der Waals surface area contributed by atoms with E-state index in [9.17, 15) is 9.59 Å². The largest absolute Gasteiger partial charge is 0.544 e. The lowest BCUT2D eigenvalue weighted by Gasteiger charge is -2.19. The van der Waals surface area contributed by atoms with E-state index in [2.05, 4.69) is 13.8 Å². The molecule has 19 heavy (non-hydrogen) atoms. The summed E-state index contributed by atoms with van der Waals surface area (Å²) in [6.07, 6.45) is 0.782. The van der Waals surface area contributed by atoms with Crippen LogP contribution in [0.5, 0.6) is 0 Å². The second-order valence-corrected chi connectivity index (χ2v) is 6.76. The Bertz CT molecular complexity index is 343. The van der Waals surface area contributed by atoms with Gasteiger partial charge in [-0.1, -0.05) is 34.1 Å². The first kappa shape index (κ1) is 14.4.